The second-order valence-electron chi connectivity index (χ2n) is 5.43. The van der Waals surface area contributed by atoms with Crippen LogP contribution < -0.4 is 0 Å². The van der Waals surface area contributed by atoms with E-state index in [4.69, 9.17) is 0 Å². The van der Waals surface area contributed by atoms with Crippen LogP contribution in [-0.2, 0) is 0 Å². The maximum absolute atomic E-state index is 3.96. The van der Waals surface area contributed by atoms with Crippen LogP contribution in [0.15, 0.2) is 42.5 Å². The zero-order valence-corrected chi connectivity index (χ0v) is 18.9. The third-order valence-electron chi connectivity index (χ3n) is 3.37. The second kappa shape index (κ2) is 20.7. The molecule has 0 amide bonds. The Morgan fingerprint density at radius 1 is 1.04 bits per heavy atom. The monoisotopic (exact) mass is 347 g/mol. The highest BCUT2D eigenvalue weighted by Crippen LogP contribution is 2.23. The first-order valence-corrected chi connectivity index (χ1v) is 10.1. The summed E-state index contributed by atoms with van der Waals surface area (Å²) in [5.74, 6) is 0. The summed E-state index contributed by atoms with van der Waals surface area (Å²) in [5, 5.41) is 0. The minimum absolute atomic E-state index is 0.996. The summed E-state index contributed by atoms with van der Waals surface area (Å²) in [6.45, 7) is 24.5. The molecule has 0 fully saturated rings. The fourth-order valence-corrected chi connectivity index (χ4v) is 2.45. The number of nitrogens with zero attached hydrogens (tertiary/aromatic N) is 1. The maximum atomic E-state index is 3.96. The lowest BCUT2D eigenvalue weighted by Gasteiger charge is -2.17. The first kappa shape index (κ1) is 28.5. The number of likely N-dealkylation sites (N-methyl/N-ethyl adjacent to an activating group) is 1. The van der Waals surface area contributed by atoms with Crippen LogP contribution in [0, 0.1) is 6.92 Å². The molecular formula is C24H45N. The van der Waals surface area contributed by atoms with Crippen LogP contribution in [0.25, 0.3) is 5.57 Å². The summed E-state index contributed by atoms with van der Waals surface area (Å²) < 4.78 is 0. The summed E-state index contributed by atoms with van der Waals surface area (Å²) in [7, 11) is 2.16. The minimum Gasteiger partial charge on any atom is -0.302 e. The number of benzene rings is 1. The molecule has 0 aliphatic heterocycles. The molecule has 0 spiro atoms. The van der Waals surface area contributed by atoms with Gasteiger partial charge in [0.25, 0.3) is 0 Å². The van der Waals surface area contributed by atoms with Crippen LogP contribution in [0.4, 0.5) is 0 Å². The predicted molar refractivity (Wildman–Crippen MR) is 120 cm³/mol. The van der Waals surface area contributed by atoms with E-state index in [-0.39, 0.29) is 0 Å². The van der Waals surface area contributed by atoms with Gasteiger partial charge in [-0.15, -0.1) is 0 Å². The zero-order valence-electron chi connectivity index (χ0n) is 18.9. The molecule has 1 nitrogen and oxygen atoms in total. The molecule has 0 aromatic heterocycles. The quantitative estimate of drug-likeness (QED) is 0.455. The van der Waals surface area contributed by atoms with Gasteiger partial charge in [0.05, 0.1) is 0 Å². The van der Waals surface area contributed by atoms with Gasteiger partial charge in [0.2, 0.25) is 0 Å². The largest absolute Gasteiger partial charge is 0.302 e. The number of hydrogen-bond acceptors (Lipinski definition) is 1. The summed E-state index contributed by atoms with van der Waals surface area (Å²) in [4.78, 5) is 2.34. The average Bonchev–Trinajstić information content (AvgIpc) is 2.64. The Morgan fingerprint density at radius 2 is 1.56 bits per heavy atom. The molecule has 0 unspecified atom stereocenters. The van der Waals surface area contributed by atoms with E-state index in [0.717, 1.165) is 19.5 Å². The normalized spacial score (nSPS) is 9.80. The number of allylic oxidation sites excluding steroid dienone is 2. The Hall–Kier alpha value is -1.34. The second-order valence-corrected chi connectivity index (χ2v) is 5.43. The molecule has 25 heavy (non-hydrogen) atoms. The zero-order chi connectivity index (χ0) is 20.3. The van der Waals surface area contributed by atoms with E-state index in [9.17, 15) is 0 Å². The molecule has 0 aliphatic carbocycles. The highest BCUT2D eigenvalue weighted by Gasteiger charge is 2.05. The van der Waals surface area contributed by atoms with Crippen LogP contribution in [-0.4, -0.2) is 25.0 Å². The highest BCUT2D eigenvalue weighted by atomic mass is 15.1. The maximum Gasteiger partial charge on any atom is 0.0184 e. The van der Waals surface area contributed by atoms with Gasteiger partial charge < -0.3 is 4.90 Å². The van der Waals surface area contributed by atoms with Crippen molar-refractivity contribution in [2.45, 2.75) is 75.2 Å². The van der Waals surface area contributed by atoms with Crippen molar-refractivity contribution in [3.63, 3.8) is 0 Å². The molecule has 0 bridgehead atoms. The van der Waals surface area contributed by atoms with Crippen LogP contribution in [0.1, 0.15) is 79.4 Å². The number of rotatable bonds is 7. The van der Waals surface area contributed by atoms with Crippen molar-refractivity contribution in [1.29, 1.82) is 0 Å². The lowest BCUT2D eigenvalue weighted by molar-refractivity contribution is 0.358. The SMILES string of the molecule is C=C(C)CN(C)CCC/C(=C/C)c1ccccc1C.CC.CC.CC. The highest BCUT2D eigenvalue weighted by molar-refractivity contribution is 5.67. The molecule has 1 heteroatoms. The Labute approximate surface area is 159 Å². The topological polar surface area (TPSA) is 3.24 Å². The number of aryl methyl sites for hydroxylation is 1. The summed E-state index contributed by atoms with van der Waals surface area (Å²) in [6.07, 6.45) is 4.58. The minimum atomic E-state index is 0.996. The van der Waals surface area contributed by atoms with Gasteiger partial charge in [0.15, 0.2) is 0 Å². The van der Waals surface area contributed by atoms with E-state index in [2.05, 4.69) is 69.6 Å². The Balaban J connectivity index is -0.000000725. The van der Waals surface area contributed by atoms with Crippen molar-refractivity contribution >= 4 is 5.57 Å². The molecule has 0 saturated carbocycles. The lowest BCUT2D eigenvalue weighted by Crippen LogP contribution is -2.21. The number of hydrogen-bond donors (Lipinski definition) is 0. The van der Waals surface area contributed by atoms with Crippen LogP contribution >= 0.6 is 0 Å². The predicted octanol–water partition coefficient (Wildman–Crippen LogP) is 7.77. The van der Waals surface area contributed by atoms with E-state index < -0.39 is 0 Å². The molecule has 0 saturated heterocycles. The lowest BCUT2D eigenvalue weighted by atomic mass is 9.97. The fraction of sp³-hybridized carbons (Fsp3) is 0.583. The van der Waals surface area contributed by atoms with Gasteiger partial charge in [-0.3, -0.25) is 0 Å². The van der Waals surface area contributed by atoms with Crippen LogP contribution in [0.5, 0.6) is 0 Å². The van der Waals surface area contributed by atoms with E-state index in [0.29, 0.717) is 0 Å². The first-order valence-electron chi connectivity index (χ1n) is 10.1. The van der Waals surface area contributed by atoms with Gasteiger partial charge in [0, 0.05) is 6.54 Å². The molecule has 146 valence electrons. The van der Waals surface area contributed by atoms with E-state index in [1.807, 2.05) is 41.5 Å². The summed E-state index contributed by atoms with van der Waals surface area (Å²) >= 11 is 0. The van der Waals surface area contributed by atoms with Gasteiger partial charge in [-0.2, -0.15) is 0 Å². The molecule has 0 N–H and O–H groups in total. The van der Waals surface area contributed by atoms with E-state index >= 15 is 0 Å². The standard InChI is InChI=1S/C18H27N.3C2H6/c1-6-17(18-12-8-7-10-16(18)4)11-9-13-19(5)14-15(2)3;3*1-2/h6-8,10,12H,2,9,11,13-14H2,1,3-5H3;3*1-2H3/b17-6-;;;. The van der Waals surface area contributed by atoms with Gasteiger partial charge in [-0.1, -0.05) is 84.0 Å². The molecule has 0 radical (unpaired) electrons. The molecule has 0 aliphatic rings. The van der Waals surface area contributed by atoms with Crippen molar-refractivity contribution in [2.24, 2.45) is 0 Å². The van der Waals surface area contributed by atoms with E-state index in [1.54, 1.807) is 0 Å². The molecular weight excluding hydrogens is 302 g/mol. The van der Waals surface area contributed by atoms with Gasteiger partial charge in [-0.05, 0) is 63.9 Å². The van der Waals surface area contributed by atoms with Gasteiger partial charge in [0.1, 0.15) is 0 Å². The van der Waals surface area contributed by atoms with Crippen molar-refractivity contribution in [2.75, 3.05) is 20.1 Å². The Morgan fingerprint density at radius 3 is 2.00 bits per heavy atom. The average molecular weight is 348 g/mol. The van der Waals surface area contributed by atoms with Crippen LogP contribution in [0.3, 0.4) is 0 Å². The van der Waals surface area contributed by atoms with Gasteiger partial charge in [-0.25, -0.2) is 0 Å². The molecule has 0 heterocycles. The summed E-state index contributed by atoms with van der Waals surface area (Å²) in [6, 6.07) is 8.64. The molecule has 1 aromatic carbocycles. The molecule has 0 atom stereocenters. The van der Waals surface area contributed by atoms with Gasteiger partial charge >= 0.3 is 0 Å². The van der Waals surface area contributed by atoms with Crippen molar-refractivity contribution in [1.82, 2.24) is 4.90 Å². The molecule has 1 aromatic rings. The smallest absolute Gasteiger partial charge is 0.0184 e. The van der Waals surface area contributed by atoms with Crippen molar-refractivity contribution < 1.29 is 0 Å². The van der Waals surface area contributed by atoms with Crippen LogP contribution in [0.2, 0.25) is 0 Å². The molecule has 1 rings (SSSR count). The third-order valence-corrected chi connectivity index (χ3v) is 3.37. The fourth-order valence-electron chi connectivity index (χ4n) is 2.45. The van der Waals surface area contributed by atoms with Crippen molar-refractivity contribution in [3.8, 4) is 0 Å². The Bertz CT molecular complexity index is 443. The van der Waals surface area contributed by atoms with E-state index in [1.165, 1.54) is 28.7 Å². The third kappa shape index (κ3) is 14.7. The Kier molecular flexibility index (Phi) is 23.6. The summed E-state index contributed by atoms with van der Waals surface area (Å²) in [5.41, 5.74) is 5.45. The first-order chi connectivity index (χ1) is 12.0. The van der Waals surface area contributed by atoms with Crippen molar-refractivity contribution in [3.05, 3.63) is 53.6 Å².